The van der Waals surface area contributed by atoms with Gasteiger partial charge in [0.15, 0.2) is 5.43 Å². The second-order valence-corrected chi connectivity index (χ2v) is 5.34. The average molecular weight is 302 g/mol. The van der Waals surface area contributed by atoms with E-state index in [0.29, 0.717) is 11.9 Å². The van der Waals surface area contributed by atoms with Crippen LogP contribution in [0.2, 0.25) is 0 Å². The van der Waals surface area contributed by atoms with Gasteiger partial charge in [0.1, 0.15) is 5.65 Å². The number of nitrogens with one attached hydrogen (secondary N) is 1. The van der Waals surface area contributed by atoms with Crippen LogP contribution in [0.25, 0.3) is 22.3 Å². The van der Waals surface area contributed by atoms with Gasteiger partial charge in [-0.1, -0.05) is 36.4 Å². The van der Waals surface area contributed by atoms with Crippen LogP contribution in [0.1, 0.15) is 5.56 Å². The first kappa shape index (κ1) is 13.5. The standard InChI is InChI=1S/C18H14N4O/c23-17-9-16(14-6-2-1-3-7-14)21-18-15(17)11-20-22(18)12-13-5-4-8-19-10-13/h1-11H,12H2,(H,21,23). The van der Waals surface area contributed by atoms with Crippen molar-refractivity contribution in [2.24, 2.45) is 0 Å². The third-order valence-corrected chi connectivity index (χ3v) is 3.77. The van der Waals surface area contributed by atoms with Gasteiger partial charge >= 0.3 is 0 Å². The third kappa shape index (κ3) is 2.53. The average Bonchev–Trinajstić information content (AvgIpc) is 3.00. The molecule has 23 heavy (non-hydrogen) atoms. The second-order valence-electron chi connectivity index (χ2n) is 5.34. The summed E-state index contributed by atoms with van der Waals surface area (Å²) in [5.41, 5.74) is 3.48. The zero-order chi connectivity index (χ0) is 15.6. The Balaban J connectivity index is 1.84. The van der Waals surface area contributed by atoms with Crippen LogP contribution in [-0.4, -0.2) is 19.7 Å². The molecule has 0 saturated heterocycles. The predicted octanol–water partition coefficient (Wildman–Crippen LogP) is 2.83. The molecule has 0 aliphatic carbocycles. The maximum absolute atomic E-state index is 12.4. The minimum Gasteiger partial charge on any atom is -0.339 e. The number of pyridine rings is 2. The largest absolute Gasteiger partial charge is 0.339 e. The summed E-state index contributed by atoms with van der Waals surface area (Å²) in [5.74, 6) is 0. The summed E-state index contributed by atoms with van der Waals surface area (Å²) >= 11 is 0. The maximum atomic E-state index is 12.4. The summed E-state index contributed by atoms with van der Waals surface area (Å²) in [5, 5.41) is 4.94. The molecule has 4 aromatic rings. The van der Waals surface area contributed by atoms with E-state index < -0.39 is 0 Å². The van der Waals surface area contributed by atoms with Crippen molar-refractivity contribution in [3.8, 4) is 11.3 Å². The zero-order valence-electron chi connectivity index (χ0n) is 12.3. The lowest BCUT2D eigenvalue weighted by molar-refractivity contribution is 0.702. The Morgan fingerprint density at radius 2 is 1.91 bits per heavy atom. The van der Waals surface area contributed by atoms with Gasteiger partial charge in [-0.2, -0.15) is 5.10 Å². The number of aromatic nitrogens is 4. The minimum atomic E-state index is -0.0324. The van der Waals surface area contributed by atoms with Crippen LogP contribution in [0.3, 0.4) is 0 Å². The first-order chi connectivity index (χ1) is 11.3. The molecule has 0 amide bonds. The summed E-state index contributed by atoms with van der Waals surface area (Å²) in [7, 11) is 0. The van der Waals surface area contributed by atoms with Gasteiger partial charge in [0.25, 0.3) is 0 Å². The molecule has 0 saturated carbocycles. The Morgan fingerprint density at radius 3 is 2.70 bits per heavy atom. The number of aromatic amines is 1. The fraction of sp³-hybridized carbons (Fsp3) is 0.0556. The van der Waals surface area contributed by atoms with Gasteiger partial charge < -0.3 is 4.98 Å². The molecule has 0 radical (unpaired) electrons. The molecule has 0 spiro atoms. The van der Waals surface area contributed by atoms with Gasteiger partial charge in [-0.25, -0.2) is 4.68 Å². The number of benzene rings is 1. The second kappa shape index (κ2) is 5.53. The van der Waals surface area contributed by atoms with Crippen molar-refractivity contribution in [3.05, 3.63) is 82.9 Å². The highest BCUT2D eigenvalue weighted by atomic mass is 16.1. The quantitative estimate of drug-likeness (QED) is 0.633. The minimum absolute atomic E-state index is 0.0324. The Morgan fingerprint density at radius 1 is 1.04 bits per heavy atom. The number of rotatable bonds is 3. The van der Waals surface area contributed by atoms with Crippen molar-refractivity contribution in [2.75, 3.05) is 0 Å². The molecule has 3 heterocycles. The molecule has 3 aromatic heterocycles. The molecular weight excluding hydrogens is 288 g/mol. The van der Waals surface area contributed by atoms with Gasteiger partial charge in [0.05, 0.1) is 23.8 Å². The maximum Gasteiger partial charge on any atom is 0.193 e. The Kier molecular flexibility index (Phi) is 3.24. The number of H-pyrrole nitrogens is 1. The molecule has 5 heteroatoms. The van der Waals surface area contributed by atoms with Crippen LogP contribution in [0.15, 0.2) is 71.9 Å². The van der Waals surface area contributed by atoms with Gasteiger partial charge in [-0.05, 0) is 17.2 Å². The topological polar surface area (TPSA) is 63.6 Å². The first-order valence-corrected chi connectivity index (χ1v) is 7.34. The van der Waals surface area contributed by atoms with E-state index in [1.165, 1.54) is 0 Å². The SMILES string of the molecule is O=c1cc(-c2ccccc2)[nH]c2c1cnn2Cc1cccnc1. The van der Waals surface area contributed by atoms with Crippen molar-refractivity contribution in [3.63, 3.8) is 0 Å². The molecule has 0 unspecified atom stereocenters. The molecule has 0 fully saturated rings. The zero-order valence-corrected chi connectivity index (χ0v) is 12.3. The molecule has 1 aromatic carbocycles. The van der Waals surface area contributed by atoms with Crippen LogP contribution in [0.4, 0.5) is 0 Å². The molecule has 5 nitrogen and oxygen atoms in total. The Bertz CT molecular complexity index is 1000. The van der Waals surface area contributed by atoms with E-state index >= 15 is 0 Å². The van der Waals surface area contributed by atoms with Crippen molar-refractivity contribution >= 4 is 11.0 Å². The molecule has 0 atom stereocenters. The van der Waals surface area contributed by atoms with Crippen LogP contribution >= 0.6 is 0 Å². The number of nitrogens with zero attached hydrogens (tertiary/aromatic N) is 3. The Hall–Kier alpha value is -3.21. The van der Waals surface area contributed by atoms with Gasteiger partial charge in [0.2, 0.25) is 0 Å². The summed E-state index contributed by atoms with van der Waals surface area (Å²) in [6.07, 6.45) is 5.14. The third-order valence-electron chi connectivity index (χ3n) is 3.77. The molecule has 112 valence electrons. The smallest absolute Gasteiger partial charge is 0.193 e. The van der Waals surface area contributed by atoms with Crippen LogP contribution in [-0.2, 0) is 6.54 Å². The van der Waals surface area contributed by atoms with Crippen molar-refractivity contribution in [1.29, 1.82) is 0 Å². The molecule has 4 rings (SSSR count). The Labute approximate surface area is 132 Å². The van der Waals surface area contributed by atoms with E-state index in [1.807, 2.05) is 42.5 Å². The highest BCUT2D eigenvalue weighted by Gasteiger charge is 2.10. The molecular formula is C18H14N4O. The first-order valence-electron chi connectivity index (χ1n) is 7.34. The summed E-state index contributed by atoms with van der Waals surface area (Å²) in [6, 6.07) is 15.3. The van der Waals surface area contributed by atoms with E-state index in [4.69, 9.17) is 0 Å². The highest BCUT2D eigenvalue weighted by Crippen LogP contribution is 2.18. The predicted molar refractivity (Wildman–Crippen MR) is 89.1 cm³/mol. The van der Waals surface area contributed by atoms with E-state index in [-0.39, 0.29) is 5.43 Å². The fourth-order valence-corrected chi connectivity index (χ4v) is 2.63. The van der Waals surface area contributed by atoms with Crippen LogP contribution in [0, 0.1) is 0 Å². The molecule has 0 aliphatic rings. The summed E-state index contributed by atoms with van der Waals surface area (Å²) in [6.45, 7) is 0.561. The highest BCUT2D eigenvalue weighted by molar-refractivity contribution is 5.78. The van der Waals surface area contributed by atoms with Crippen LogP contribution in [0.5, 0.6) is 0 Å². The van der Waals surface area contributed by atoms with Gasteiger partial charge in [-0.3, -0.25) is 9.78 Å². The molecule has 0 aliphatic heterocycles. The van der Waals surface area contributed by atoms with E-state index in [2.05, 4.69) is 15.1 Å². The van der Waals surface area contributed by atoms with Crippen molar-refractivity contribution in [1.82, 2.24) is 19.7 Å². The van der Waals surface area contributed by atoms with E-state index in [0.717, 1.165) is 22.5 Å². The lowest BCUT2D eigenvalue weighted by Gasteiger charge is -2.06. The fourth-order valence-electron chi connectivity index (χ4n) is 2.63. The van der Waals surface area contributed by atoms with E-state index in [9.17, 15) is 4.79 Å². The normalized spacial score (nSPS) is 11.0. The number of hydrogen-bond acceptors (Lipinski definition) is 3. The van der Waals surface area contributed by atoms with Gasteiger partial charge in [-0.15, -0.1) is 0 Å². The molecule has 1 N–H and O–H groups in total. The summed E-state index contributed by atoms with van der Waals surface area (Å²) < 4.78 is 1.79. The monoisotopic (exact) mass is 302 g/mol. The number of hydrogen-bond donors (Lipinski definition) is 1. The summed E-state index contributed by atoms with van der Waals surface area (Å²) in [4.78, 5) is 19.8. The van der Waals surface area contributed by atoms with Crippen LogP contribution < -0.4 is 5.43 Å². The lowest BCUT2D eigenvalue weighted by Crippen LogP contribution is -2.06. The van der Waals surface area contributed by atoms with Crippen molar-refractivity contribution < 1.29 is 0 Å². The van der Waals surface area contributed by atoms with Crippen molar-refractivity contribution in [2.45, 2.75) is 6.54 Å². The molecule has 0 bridgehead atoms. The van der Waals surface area contributed by atoms with E-state index in [1.54, 1.807) is 29.3 Å². The lowest BCUT2D eigenvalue weighted by atomic mass is 10.1. The number of fused-ring (bicyclic) bond motifs is 1. The van der Waals surface area contributed by atoms with Gasteiger partial charge in [0, 0.05) is 18.5 Å².